The maximum absolute atomic E-state index is 11.4. The standard InChI is InChI=1S/C12H12N2O4S/c1-18-11(16)8-2-4-9(5-3-8)13-7-14-10(15)6-19-12(14)17/h2-5,13H,6-7H2,1H3. The SMILES string of the molecule is COC(=O)c1ccc(NCN2C(=O)CSC2=O)cc1. The van der Waals surface area contributed by atoms with E-state index in [9.17, 15) is 14.4 Å². The minimum atomic E-state index is -0.409. The van der Waals surface area contributed by atoms with Gasteiger partial charge in [0.25, 0.3) is 5.24 Å². The summed E-state index contributed by atoms with van der Waals surface area (Å²) in [7, 11) is 1.32. The van der Waals surface area contributed by atoms with Crippen LogP contribution in [-0.4, -0.2) is 41.5 Å². The molecule has 0 radical (unpaired) electrons. The van der Waals surface area contributed by atoms with E-state index in [1.807, 2.05) is 0 Å². The predicted molar refractivity (Wildman–Crippen MR) is 71.0 cm³/mol. The minimum absolute atomic E-state index is 0.127. The molecule has 1 aliphatic heterocycles. The van der Waals surface area contributed by atoms with Gasteiger partial charge in [0.2, 0.25) is 5.91 Å². The summed E-state index contributed by atoms with van der Waals surface area (Å²) in [5.41, 5.74) is 1.15. The number of nitrogens with one attached hydrogen (secondary N) is 1. The molecule has 2 amide bonds. The van der Waals surface area contributed by atoms with Crippen LogP contribution < -0.4 is 5.32 Å². The lowest BCUT2D eigenvalue weighted by atomic mass is 10.2. The van der Waals surface area contributed by atoms with Crippen molar-refractivity contribution in [1.82, 2.24) is 4.90 Å². The molecule has 19 heavy (non-hydrogen) atoms. The van der Waals surface area contributed by atoms with E-state index in [1.165, 1.54) is 7.11 Å². The lowest BCUT2D eigenvalue weighted by Gasteiger charge is -2.14. The van der Waals surface area contributed by atoms with Gasteiger partial charge in [-0.25, -0.2) is 4.79 Å². The van der Waals surface area contributed by atoms with Crippen molar-refractivity contribution in [3.63, 3.8) is 0 Å². The fourth-order valence-electron chi connectivity index (χ4n) is 1.55. The Bertz CT molecular complexity index is 499. The van der Waals surface area contributed by atoms with Gasteiger partial charge < -0.3 is 10.1 Å². The highest BCUT2D eigenvalue weighted by molar-refractivity contribution is 8.14. The highest BCUT2D eigenvalue weighted by Crippen LogP contribution is 2.19. The van der Waals surface area contributed by atoms with Crippen molar-refractivity contribution >= 4 is 34.6 Å². The molecule has 0 saturated carbocycles. The molecule has 1 N–H and O–H groups in total. The number of rotatable bonds is 4. The summed E-state index contributed by atoms with van der Waals surface area (Å²) in [5, 5.41) is 2.70. The number of ether oxygens (including phenoxy) is 1. The van der Waals surface area contributed by atoms with Crippen LogP contribution in [0.1, 0.15) is 10.4 Å². The van der Waals surface area contributed by atoms with Crippen molar-refractivity contribution in [2.24, 2.45) is 0 Å². The van der Waals surface area contributed by atoms with Gasteiger partial charge in [0.15, 0.2) is 0 Å². The zero-order valence-electron chi connectivity index (χ0n) is 10.2. The largest absolute Gasteiger partial charge is 0.465 e. The van der Waals surface area contributed by atoms with Crippen LogP contribution in [0.3, 0.4) is 0 Å². The highest BCUT2D eigenvalue weighted by Gasteiger charge is 2.29. The molecule has 1 saturated heterocycles. The second-order valence-corrected chi connectivity index (χ2v) is 4.71. The lowest BCUT2D eigenvalue weighted by Crippen LogP contribution is -2.33. The molecule has 1 aromatic carbocycles. The Hall–Kier alpha value is -2.02. The van der Waals surface area contributed by atoms with Gasteiger partial charge in [0.1, 0.15) is 0 Å². The summed E-state index contributed by atoms with van der Waals surface area (Å²) in [5.74, 6) is -0.413. The van der Waals surface area contributed by atoms with Gasteiger partial charge in [-0.05, 0) is 24.3 Å². The number of amides is 2. The molecule has 2 rings (SSSR count). The third kappa shape index (κ3) is 3.05. The fraction of sp³-hybridized carbons (Fsp3) is 0.250. The van der Waals surface area contributed by atoms with Crippen LogP contribution in [0.15, 0.2) is 24.3 Å². The van der Waals surface area contributed by atoms with E-state index in [1.54, 1.807) is 24.3 Å². The Morgan fingerprint density at radius 2 is 2.05 bits per heavy atom. The lowest BCUT2D eigenvalue weighted by molar-refractivity contribution is -0.124. The first kappa shape index (κ1) is 13.4. The van der Waals surface area contributed by atoms with Crippen molar-refractivity contribution in [1.29, 1.82) is 0 Å². The molecule has 0 spiro atoms. The van der Waals surface area contributed by atoms with Gasteiger partial charge in [0, 0.05) is 5.69 Å². The van der Waals surface area contributed by atoms with E-state index in [-0.39, 0.29) is 23.6 Å². The summed E-state index contributed by atoms with van der Waals surface area (Å²) in [4.78, 5) is 35.1. The predicted octanol–water partition coefficient (Wildman–Crippen LogP) is 1.54. The Morgan fingerprint density at radius 1 is 1.37 bits per heavy atom. The zero-order chi connectivity index (χ0) is 13.8. The van der Waals surface area contributed by atoms with Crippen LogP contribution in [-0.2, 0) is 9.53 Å². The van der Waals surface area contributed by atoms with Gasteiger partial charge in [-0.1, -0.05) is 11.8 Å². The second kappa shape index (κ2) is 5.75. The van der Waals surface area contributed by atoms with Crippen LogP contribution in [0.2, 0.25) is 0 Å². The average molecular weight is 280 g/mol. The molecule has 0 bridgehead atoms. The number of esters is 1. The highest BCUT2D eigenvalue weighted by atomic mass is 32.2. The van der Waals surface area contributed by atoms with Crippen molar-refractivity contribution in [2.45, 2.75) is 0 Å². The minimum Gasteiger partial charge on any atom is -0.465 e. The van der Waals surface area contributed by atoms with Gasteiger partial charge in [-0.3, -0.25) is 14.5 Å². The molecule has 1 aromatic rings. The van der Waals surface area contributed by atoms with Crippen LogP contribution in [0.25, 0.3) is 0 Å². The number of anilines is 1. The number of nitrogens with zero attached hydrogens (tertiary/aromatic N) is 1. The summed E-state index contributed by atoms with van der Waals surface area (Å²) in [6.07, 6.45) is 0. The second-order valence-electron chi connectivity index (χ2n) is 3.78. The van der Waals surface area contributed by atoms with Crippen LogP contribution in [0, 0.1) is 0 Å². The first-order valence-electron chi connectivity index (χ1n) is 5.51. The molecular weight excluding hydrogens is 268 g/mol. The number of methoxy groups -OCH3 is 1. The van der Waals surface area contributed by atoms with E-state index in [0.717, 1.165) is 16.7 Å². The number of benzene rings is 1. The average Bonchev–Trinajstić information content (AvgIpc) is 2.75. The molecular formula is C12H12N2O4S. The molecule has 7 heteroatoms. The third-order valence-electron chi connectivity index (χ3n) is 2.59. The Balaban J connectivity index is 1.95. The maximum atomic E-state index is 11.4. The number of hydrogen-bond acceptors (Lipinski definition) is 6. The summed E-state index contributed by atoms with van der Waals surface area (Å²) < 4.78 is 4.59. The van der Waals surface area contributed by atoms with Crippen LogP contribution >= 0.6 is 11.8 Å². The fourth-order valence-corrected chi connectivity index (χ4v) is 2.27. The van der Waals surface area contributed by atoms with E-state index < -0.39 is 5.97 Å². The number of carbonyl (C=O) groups excluding carboxylic acids is 3. The van der Waals surface area contributed by atoms with E-state index in [2.05, 4.69) is 10.1 Å². The molecule has 1 heterocycles. The Kier molecular flexibility index (Phi) is 4.06. The molecule has 0 atom stereocenters. The molecule has 0 aliphatic carbocycles. The van der Waals surface area contributed by atoms with Crippen molar-refractivity contribution < 1.29 is 19.1 Å². The normalized spacial score (nSPS) is 14.7. The number of carbonyl (C=O) groups is 3. The molecule has 0 unspecified atom stereocenters. The summed E-state index contributed by atoms with van der Waals surface area (Å²) in [6, 6.07) is 6.59. The Labute approximate surface area is 114 Å². The zero-order valence-corrected chi connectivity index (χ0v) is 11.0. The van der Waals surface area contributed by atoms with Crippen molar-refractivity contribution in [2.75, 3.05) is 24.8 Å². The Morgan fingerprint density at radius 3 is 2.58 bits per heavy atom. The molecule has 100 valence electrons. The van der Waals surface area contributed by atoms with E-state index in [4.69, 9.17) is 0 Å². The first-order chi connectivity index (χ1) is 9.11. The molecule has 1 fully saturated rings. The summed E-state index contributed by atoms with van der Waals surface area (Å²) in [6.45, 7) is 0.127. The van der Waals surface area contributed by atoms with E-state index in [0.29, 0.717) is 11.3 Å². The quantitative estimate of drug-likeness (QED) is 0.843. The van der Waals surface area contributed by atoms with Crippen LogP contribution in [0.4, 0.5) is 10.5 Å². The topological polar surface area (TPSA) is 75.7 Å². The maximum Gasteiger partial charge on any atom is 0.337 e. The van der Waals surface area contributed by atoms with Gasteiger partial charge in [-0.2, -0.15) is 0 Å². The third-order valence-corrected chi connectivity index (χ3v) is 3.45. The van der Waals surface area contributed by atoms with E-state index >= 15 is 0 Å². The first-order valence-corrected chi connectivity index (χ1v) is 6.50. The van der Waals surface area contributed by atoms with Gasteiger partial charge in [0.05, 0.1) is 25.1 Å². The van der Waals surface area contributed by atoms with Crippen molar-refractivity contribution in [3.05, 3.63) is 29.8 Å². The smallest absolute Gasteiger partial charge is 0.337 e. The molecule has 6 nitrogen and oxygen atoms in total. The van der Waals surface area contributed by atoms with Crippen LogP contribution in [0.5, 0.6) is 0 Å². The summed E-state index contributed by atoms with van der Waals surface area (Å²) >= 11 is 0.994. The van der Waals surface area contributed by atoms with Gasteiger partial charge in [-0.15, -0.1) is 0 Å². The molecule has 1 aliphatic rings. The number of thioether (sulfide) groups is 1. The number of hydrogen-bond donors (Lipinski definition) is 1. The van der Waals surface area contributed by atoms with Gasteiger partial charge >= 0.3 is 5.97 Å². The number of imide groups is 1. The van der Waals surface area contributed by atoms with Crippen molar-refractivity contribution in [3.8, 4) is 0 Å². The monoisotopic (exact) mass is 280 g/mol. The molecule has 0 aromatic heterocycles.